The van der Waals surface area contributed by atoms with Crippen LogP contribution in [0.2, 0.25) is 0 Å². The van der Waals surface area contributed by atoms with Crippen molar-refractivity contribution in [3.63, 3.8) is 0 Å². The van der Waals surface area contributed by atoms with Crippen LogP contribution in [0.25, 0.3) is 0 Å². The summed E-state index contributed by atoms with van der Waals surface area (Å²) in [7, 11) is 0. The van der Waals surface area contributed by atoms with Crippen molar-refractivity contribution in [2.45, 2.75) is 0 Å². The Morgan fingerprint density at radius 2 is 2.50 bits per heavy atom. The van der Waals surface area contributed by atoms with Crippen LogP contribution >= 0.6 is 0 Å². The maximum absolute atomic E-state index is 3.32. The van der Waals surface area contributed by atoms with Crippen molar-refractivity contribution in [1.82, 2.24) is 0 Å². The van der Waals surface area contributed by atoms with Crippen molar-refractivity contribution in [2.75, 3.05) is 0 Å². The number of allylic oxidation sites excluding steroid dienone is 5. The molecule has 0 nitrogen and oxygen atoms in total. The summed E-state index contributed by atoms with van der Waals surface area (Å²) in [6, 6.07) is 0. The van der Waals surface area contributed by atoms with Crippen LogP contribution in [-0.2, 0) is 0 Å². The number of hydrogen-bond acceptors (Lipinski definition) is 0. The maximum atomic E-state index is 3.32. The number of rotatable bonds is 0. The fourth-order valence-electron chi connectivity index (χ4n) is 0.820. The first-order valence-corrected chi connectivity index (χ1v) is 4.54. The molecule has 8 heavy (non-hydrogen) atoms. The first-order valence-electron chi connectivity index (χ1n) is 2.51. The molecule has 0 aromatic rings. The summed E-state index contributed by atoms with van der Waals surface area (Å²) < 4.78 is 0. The van der Waals surface area contributed by atoms with Gasteiger partial charge in [0.05, 0.1) is 0 Å². The standard InChI is InChI=1S/C7H4As/c1-2-6-4-8-5-7(6)3-1/h1-4H. The SMILES string of the molecule is [C]1=[As]C=C2C=CC=C12. The zero-order chi connectivity index (χ0) is 5.40. The normalized spacial score (nSPS) is 23.0. The Bertz CT molecular complexity index is 203. The second-order valence-corrected chi connectivity index (χ2v) is 3.32. The van der Waals surface area contributed by atoms with E-state index in [1.54, 1.807) is 0 Å². The third-order valence-corrected chi connectivity index (χ3v) is 2.87. The van der Waals surface area contributed by atoms with Crippen LogP contribution in [0.1, 0.15) is 0 Å². The van der Waals surface area contributed by atoms with E-state index in [4.69, 9.17) is 0 Å². The van der Waals surface area contributed by atoms with Gasteiger partial charge in [0, 0.05) is 0 Å². The Balaban J connectivity index is 2.59. The molecule has 0 aromatic carbocycles. The molecule has 1 aliphatic heterocycles. The minimum absolute atomic E-state index is 0.298. The van der Waals surface area contributed by atoms with Gasteiger partial charge in [-0.1, -0.05) is 0 Å². The Morgan fingerprint density at radius 1 is 1.50 bits per heavy atom. The van der Waals surface area contributed by atoms with Crippen LogP contribution in [0.4, 0.5) is 0 Å². The molecule has 0 unspecified atom stereocenters. The molecular weight excluding hydrogens is 159 g/mol. The second kappa shape index (κ2) is 1.56. The molecule has 0 saturated carbocycles. The molecule has 0 fully saturated rings. The predicted octanol–water partition coefficient (Wildman–Crippen LogP) is 0.763. The van der Waals surface area contributed by atoms with Crippen molar-refractivity contribution in [3.8, 4) is 0 Å². The summed E-state index contributed by atoms with van der Waals surface area (Å²) >= 11 is 0.298. The average molecular weight is 163 g/mol. The summed E-state index contributed by atoms with van der Waals surface area (Å²) in [6.45, 7) is 0. The van der Waals surface area contributed by atoms with E-state index in [1.165, 1.54) is 11.1 Å². The fourth-order valence-corrected chi connectivity index (χ4v) is 2.44. The first-order chi connectivity index (χ1) is 3.97. The predicted molar refractivity (Wildman–Crippen MR) is 36.1 cm³/mol. The second-order valence-electron chi connectivity index (χ2n) is 1.76. The van der Waals surface area contributed by atoms with Crippen LogP contribution in [0.3, 0.4) is 0 Å². The van der Waals surface area contributed by atoms with E-state index in [-0.39, 0.29) is 0 Å². The summed E-state index contributed by atoms with van der Waals surface area (Å²) in [5.41, 5.74) is 2.72. The zero-order valence-electron chi connectivity index (χ0n) is 4.26. The molecule has 2 rings (SSSR count). The molecule has 0 amide bonds. The van der Waals surface area contributed by atoms with Gasteiger partial charge in [-0.2, -0.15) is 0 Å². The van der Waals surface area contributed by atoms with E-state index < -0.39 is 0 Å². The molecule has 0 spiro atoms. The number of fused-ring (bicyclic) bond motifs is 1. The van der Waals surface area contributed by atoms with Gasteiger partial charge >= 0.3 is 54.4 Å². The molecule has 0 bridgehead atoms. The van der Waals surface area contributed by atoms with Gasteiger partial charge in [-0.15, -0.1) is 0 Å². The molecule has 0 saturated heterocycles. The molecule has 1 heterocycles. The van der Waals surface area contributed by atoms with E-state index in [0.717, 1.165) is 0 Å². The summed E-state index contributed by atoms with van der Waals surface area (Å²) in [5.74, 6) is 0. The topological polar surface area (TPSA) is 0 Å². The summed E-state index contributed by atoms with van der Waals surface area (Å²) in [5, 5.41) is 0. The van der Waals surface area contributed by atoms with E-state index in [9.17, 15) is 0 Å². The van der Waals surface area contributed by atoms with Gasteiger partial charge in [-0.25, -0.2) is 0 Å². The van der Waals surface area contributed by atoms with E-state index in [1.807, 2.05) is 0 Å². The van der Waals surface area contributed by atoms with Gasteiger partial charge < -0.3 is 0 Å². The molecule has 1 heteroatoms. The van der Waals surface area contributed by atoms with Crippen LogP contribution in [0.15, 0.2) is 34.2 Å². The quantitative estimate of drug-likeness (QED) is 0.462. The van der Waals surface area contributed by atoms with Crippen LogP contribution in [0, 0.1) is 0 Å². The van der Waals surface area contributed by atoms with E-state index in [0.29, 0.717) is 15.3 Å². The van der Waals surface area contributed by atoms with E-state index >= 15 is 0 Å². The molecule has 0 N–H and O–H groups in total. The van der Waals surface area contributed by atoms with Crippen LogP contribution in [0.5, 0.6) is 0 Å². The van der Waals surface area contributed by atoms with Crippen LogP contribution < -0.4 is 0 Å². The molecule has 0 aromatic heterocycles. The van der Waals surface area contributed by atoms with Crippen molar-refractivity contribution < 1.29 is 0 Å². The first kappa shape index (κ1) is 4.52. The van der Waals surface area contributed by atoms with Gasteiger partial charge in [0.1, 0.15) is 0 Å². The monoisotopic (exact) mass is 163 g/mol. The van der Waals surface area contributed by atoms with Crippen LogP contribution in [-0.4, -0.2) is 20.1 Å². The number of hydrogen-bond donors (Lipinski definition) is 0. The molecule has 0 atom stereocenters. The third-order valence-electron chi connectivity index (χ3n) is 1.24. The van der Waals surface area contributed by atoms with Gasteiger partial charge in [0.2, 0.25) is 0 Å². The Morgan fingerprint density at radius 3 is 3.38 bits per heavy atom. The van der Waals surface area contributed by atoms with Gasteiger partial charge in [0.15, 0.2) is 0 Å². The Labute approximate surface area is 54.8 Å². The Kier molecular flexibility index (Phi) is 0.883. The average Bonchev–Trinajstić information content (AvgIpc) is 2.15. The van der Waals surface area contributed by atoms with Gasteiger partial charge in [-0.05, 0) is 0 Å². The van der Waals surface area contributed by atoms with Gasteiger partial charge in [-0.3, -0.25) is 0 Å². The van der Waals surface area contributed by atoms with Crippen molar-refractivity contribution in [3.05, 3.63) is 34.2 Å². The zero-order valence-corrected chi connectivity index (χ0v) is 6.13. The van der Waals surface area contributed by atoms with Gasteiger partial charge in [0.25, 0.3) is 0 Å². The molecule has 1 radical (unpaired) electrons. The molecule has 2 aliphatic rings. The Hall–Kier alpha value is -0.352. The van der Waals surface area contributed by atoms with Crippen molar-refractivity contribution in [2.24, 2.45) is 0 Å². The van der Waals surface area contributed by atoms with E-state index in [2.05, 4.69) is 27.9 Å². The van der Waals surface area contributed by atoms with Crippen molar-refractivity contribution >= 4 is 20.1 Å². The van der Waals surface area contributed by atoms with Crippen molar-refractivity contribution in [1.29, 1.82) is 0 Å². The molecule has 37 valence electrons. The fraction of sp³-hybridized carbons (Fsp3) is 0. The minimum atomic E-state index is 0.298. The summed E-state index contributed by atoms with van der Waals surface area (Å²) in [4.78, 5) is 5.60. The molecule has 1 aliphatic carbocycles. The third kappa shape index (κ3) is 0.498. The molecular formula is C7H4As. The summed E-state index contributed by atoms with van der Waals surface area (Å²) in [6.07, 6.45) is 6.34.